The van der Waals surface area contributed by atoms with Gasteiger partial charge >= 0.3 is 0 Å². The quantitative estimate of drug-likeness (QED) is 0.634. The van der Waals surface area contributed by atoms with Gasteiger partial charge in [0.2, 0.25) is 0 Å². The Hall–Kier alpha value is -0.370. The van der Waals surface area contributed by atoms with Gasteiger partial charge < -0.3 is 4.74 Å². The largest absolute Gasteiger partial charge is 0.381 e. The summed E-state index contributed by atoms with van der Waals surface area (Å²) in [6.45, 7) is 7.55. The third-order valence-corrected chi connectivity index (χ3v) is 2.33. The van der Waals surface area contributed by atoms with Crippen LogP contribution in [0.5, 0.6) is 0 Å². The second-order valence-corrected chi connectivity index (χ2v) is 4.61. The number of carbonyl (C=O) groups is 1. The molecule has 0 aromatic heterocycles. The van der Waals surface area contributed by atoms with E-state index >= 15 is 0 Å². The molecule has 1 unspecified atom stereocenters. The Morgan fingerprint density at radius 2 is 2.17 bits per heavy atom. The van der Waals surface area contributed by atoms with E-state index in [0.717, 1.165) is 19.6 Å². The molecule has 0 amide bonds. The zero-order valence-electron chi connectivity index (χ0n) is 8.22. The van der Waals surface area contributed by atoms with Crippen molar-refractivity contribution in [2.45, 2.75) is 33.6 Å². The lowest BCUT2D eigenvalue weighted by Crippen LogP contribution is -2.23. The number of carbonyl (C=O) groups excluding carboxylic acids is 1. The maximum absolute atomic E-state index is 11.6. The van der Waals surface area contributed by atoms with E-state index in [1.165, 1.54) is 0 Å². The van der Waals surface area contributed by atoms with Crippen LogP contribution >= 0.6 is 0 Å². The summed E-state index contributed by atoms with van der Waals surface area (Å²) < 4.78 is 5.22. The molecule has 1 aliphatic rings. The molecule has 0 saturated carbocycles. The van der Waals surface area contributed by atoms with Crippen LogP contribution in [-0.2, 0) is 9.53 Å². The summed E-state index contributed by atoms with van der Waals surface area (Å²) in [4.78, 5) is 11.6. The van der Waals surface area contributed by atoms with Crippen molar-refractivity contribution in [1.82, 2.24) is 0 Å². The van der Waals surface area contributed by atoms with Gasteiger partial charge in [-0.3, -0.25) is 4.79 Å². The van der Waals surface area contributed by atoms with Crippen molar-refractivity contribution in [1.29, 1.82) is 0 Å². The van der Waals surface area contributed by atoms with E-state index in [1.807, 2.05) is 20.8 Å². The van der Waals surface area contributed by atoms with Crippen LogP contribution in [0.3, 0.4) is 0 Å². The normalized spacial score (nSPS) is 24.4. The first-order valence-electron chi connectivity index (χ1n) is 4.61. The molecule has 2 nitrogen and oxygen atoms in total. The standard InChI is InChI=1S/C10H18O2/c1-10(2,3)9(11)6-8-4-5-12-7-8/h8H,4-7H2,1-3H3. The number of hydrogen-bond donors (Lipinski definition) is 0. The molecule has 12 heavy (non-hydrogen) atoms. The van der Waals surface area contributed by atoms with E-state index in [9.17, 15) is 4.79 Å². The van der Waals surface area contributed by atoms with Gasteiger partial charge in [0.1, 0.15) is 5.78 Å². The van der Waals surface area contributed by atoms with Crippen molar-refractivity contribution in [2.75, 3.05) is 13.2 Å². The highest BCUT2D eigenvalue weighted by atomic mass is 16.5. The van der Waals surface area contributed by atoms with E-state index in [4.69, 9.17) is 4.74 Å². The van der Waals surface area contributed by atoms with Crippen LogP contribution in [0.2, 0.25) is 0 Å². The van der Waals surface area contributed by atoms with Crippen LogP contribution < -0.4 is 0 Å². The fourth-order valence-electron chi connectivity index (χ4n) is 1.31. The minimum absolute atomic E-state index is 0.178. The summed E-state index contributed by atoms with van der Waals surface area (Å²) in [7, 11) is 0. The van der Waals surface area contributed by atoms with Crippen molar-refractivity contribution in [3.8, 4) is 0 Å². The first-order valence-corrected chi connectivity index (χ1v) is 4.61. The van der Waals surface area contributed by atoms with Crippen LogP contribution in [0.4, 0.5) is 0 Å². The first kappa shape index (κ1) is 9.72. The van der Waals surface area contributed by atoms with Crippen molar-refractivity contribution < 1.29 is 9.53 Å². The molecule has 1 fully saturated rings. The maximum Gasteiger partial charge on any atom is 0.138 e. The van der Waals surface area contributed by atoms with Gasteiger partial charge in [-0.15, -0.1) is 0 Å². The molecule has 1 rings (SSSR count). The van der Waals surface area contributed by atoms with Crippen molar-refractivity contribution in [2.24, 2.45) is 11.3 Å². The van der Waals surface area contributed by atoms with Crippen molar-refractivity contribution >= 4 is 5.78 Å². The highest BCUT2D eigenvalue weighted by Gasteiger charge is 2.26. The Morgan fingerprint density at radius 1 is 1.50 bits per heavy atom. The summed E-state index contributed by atoms with van der Waals surface area (Å²) in [5.41, 5.74) is -0.178. The molecule has 0 aromatic carbocycles. The third kappa shape index (κ3) is 2.59. The molecule has 0 aliphatic carbocycles. The van der Waals surface area contributed by atoms with Gasteiger partial charge in [0, 0.05) is 25.0 Å². The first-order chi connectivity index (χ1) is 5.50. The van der Waals surface area contributed by atoms with E-state index in [-0.39, 0.29) is 5.41 Å². The van der Waals surface area contributed by atoms with E-state index in [0.29, 0.717) is 18.1 Å². The average molecular weight is 170 g/mol. The van der Waals surface area contributed by atoms with Crippen molar-refractivity contribution in [3.63, 3.8) is 0 Å². The van der Waals surface area contributed by atoms with Crippen LogP contribution in [-0.4, -0.2) is 19.0 Å². The Labute approximate surface area is 74.3 Å². The van der Waals surface area contributed by atoms with Gasteiger partial charge in [0.25, 0.3) is 0 Å². The van der Waals surface area contributed by atoms with Crippen LogP contribution in [0, 0.1) is 11.3 Å². The fourth-order valence-corrected chi connectivity index (χ4v) is 1.31. The van der Waals surface area contributed by atoms with Gasteiger partial charge in [-0.05, 0) is 12.3 Å². The topological polar surface area (TPSA) is 26.3 Å². The van der Waals surface area contributed by atoms with Gasteiger partial charge in [0.05, 0.1) is 0 Å². The summed E-state index contributed by atoms with van der Waals surface area (Å²) in [5, 5.41) is 0. The minimum Gasteiger partial charge on any atom is -0.381 e. The molecule has 0 bridgehead atoms. The number of ketones is 1. The predicted octanol–water partition coefficient (Wildman–Crippen LogP) is 2.03. The molecule has 0 aromatic rings. The molecule has 0 spiro atoms. The molecule has 1 saturated heterocycles. The zero-order chi connectivity index (χ0) is 9.19. The van der Waals surface area contributed by atoms with Gasteiger partial charge in [-0.2, -0.15) is 0 Å². The molecule has 2 heteroatoms. The number of Topliss-reactive ketones (excluding diaryl/α,β-unsaturated/α-hetero) is 1. The lowest BCUT2D eigenvalue weighted by molar-refractivity contribution is -0.127. The van der Waals surface area contributed by atoms with Gasteiger partial charge in [-0.25, -0.2) is 0 Å². The molecular formula is C10H18O2. The summed E-state index contributed by atoms with van der Waals surface area (Å²) in [6, 6.07) is 0. The smallest absolute Gasteiger partial charge is 0.138 e. The number of ether oxygens (including phenoxy) is 1. The Morgan fingerprint density at radius 3 is 2.58 bits per heavy atom. The highest BCUT2D eigenvalue weighted by Crippen LogP contribution is 2.23. The molecule has 1 aliphatic heterocycles. The third-order valence-electron chi connectivity index (χ3n) is 2.33. The Balaban J connectivity index is 2.35. The molecule has 0 radical (unpaired) electrons. The Kier molecular flexibility index (Phi) is 2.89. The lowest BCUT2D eigenvalue weighted by atomic mass is 9.85. The Bertz CT molecular complexity index is 161. The molecule has 0 N–H and O–H groups in total. The molecule has 1 heterocycles. The predicted molar refractivity (Wildman–Crippen MR) is 48.0 cm³/mol. The maximum atomic E-state index is 11.6. The summed E-state index contributed by atoms with van der Waals surface area (Å²) >= 11 is 0. The van der Waals surface area contributed by atoms with E-state index in [2.05, 4.69) is 0 Å². The van der Waals surface area contributed by atoms with Crippen LogP contribution in [0.1, 0.15) is 33.6 Å². The number of hydrogen-bond acceptors (Lipinski definition) is 2. The minimum atomic E-state index is -0.178. The second kappa shape index (κ2) is 3.56. The fraction of sp³-hybridized carbons (Fsp3) is 0.900. The molecule has 1 atom stereocenters. The molecule has 70 valence electrons. The van der Waals surface area contributed by atoms with Crippen molar-refractivity contribution in [3.05, 3.63) is 0 Å². The summed E-state index contributed by atoms with van der Waals surface area (Å²) in [6.07, 6.45) is 1.76. The van der Waals surface area contributed by atoms with Crippen LogP contribution in [0.25, 0.3) is 0 Å². The zero-order valence-corrected chi connectivity index (χ0v) is 8.22. The van der Waals surface area contributed by atoms with Crippen LogP contribution in [0.15, 0.2) is 0 Å². The molecular weight excluding hydrogens is 152 g/mol. The summed E-state index contributed by atoms with van der Waals surface area (Å²) in [5.74, 6) is 0.842. The van der Waals surface area contributed by atoms with E-state index < -0.39 is 0 Å². The van der Waals surface area contributed by atoms with E-state index in [1.54, 1.807) is 0 Å². The second-order valence-electron chi connectivity index (χ2n) is 4.61. The highest BCUT2D eigenvalue weighted by molar-refractivity contribution is 5.83. The lowest BCUT2D eigenvalue weighted by Gasteiger charge is -2.18. The number of rotatable bonds is 2. The monoisotopic (exact) mass is 170 g/mol. The average Bonchev–Trinajstić information content (AvgIpc) is 2.37. The van der Waals surface area contributed by atoms with Gasteiger partial charge in [0.15, 0.2) is 0 Å². The van der Waals surface area contributed by atoms with Gasteiger partial charge in [-0.1, -0.05) is 20.8 Å². The SMILES string of the molecule is CC(C)(C)C(=O)CC1CCOC1.